The summed E-state index contributed by atoms with van der Waals surface area (Å²) in [4.78, 5) is 42.0. The average molecular weight is 567 g/mol. The second kappa shape index (κ2) is 11.7. The van der Waals surface area contributed by atoms with E-state index in [0.717, 1.165) is 78.2 Å². The fraction of sp³-hybridized carbons (Fsp3) is 0.394. The van der Waals surface area contributed by atoms with Crippen LogP contribution >= 0.6 is 0 Å². The lowest BCUT2D eigenvalue weighted by atomic mass is 9.92. The number of ether oxygens (including phenoxy) is 1. The molecule has 0 bridgehead atoms. The van der Waals surface area contributed by atoms with Gasteiger partial charge in [0.15, 0.2) is 5.65 Å². The number of hydrogen-bond donors (Lipinski definition) is 2. The molecule has 0 unspecified atom stereocenters. The molecule has 9 nitrogen and oxygen atoms in total. The number of H-pyrrole nitrogens is 1. The van der Waals surface area contributed by atoms with E-state index >= 15 is 0 Å². The molecule has 1 fully saturated rings. The summed E-state index contributed by atoms with van der Waals surface area (Å²) in [5, 5.41) is 3.10. The number of aromatic nitrogens is 3. The fourth-order valence-electron chi connectivity index (χ4n) is 6.09. The van der Waals surface area contributed by atoms with Crippen molar-refractivity contribution in [2.45, 2.75) is 45.7 Å². The first-order chi connectivity index (χ1) is 20.3. The molecule has 2 amide bonds. The average Bonchev–Trinajstić information content (AvgIpc) is 3.65. The van der Waals surface area contributed by atoms with Gasteiger partial charge in [0.2, 0.25) is 5.91 Å². The Hall–Kier alpha value is -4.08. The first-order valence-electron chi connectivity index (χ1n) is 14.7. The molecule has 2 aliphatic rings. The number of rotatable bonds is 7. The maximum absolute atomic E-state index is 12.5. The molecule has 6 rings (SSSR count). The van der Waals surface area contributed by atoms with Gasteiger partial charge in [-0.25, -0.2) is 9.97 Å². The van der Waals surface area contributed by atoms with Crippen LogP contribution in [0, 0.1) is 13.8 Å². The number of nitrogens with one attached hydrogen (secondary N) is 2. The standard InChI is InChI=1S/C33H38N6O3/c1-20-14-23(15-24-18-39(10-7-26(20)24)11-8-30(40)36-25-9-12-42-19-25)29-17-35-32-31(37-29)28(16-34-32)22-5-6-27(21(2)13-22)33(41)38(3)4/h5-6,13-17,25H,7-12,18-19H2,1-4H3,(H,34,35)(H,36,40)/t25-/m1/s1. The second-order valence-electron chi connectivity index (χ2n) is 11.7. The summed E-state index contributed by atoms with van der Waals surface area (Å²) in [7, 11) is 3.53. The number of aromatic amines is 1. The number of fused-ring (bicyclic) bond motifs is 2. The van der Waals surface area contributed by atoms with Crippen molar-refractivity contribution < 1.29 is 14.3 Å². The summed E-state index contributed by atoms with van der Waals surface area (Å²) in [5.41, 5.74) is 10.9. The number of nitrogens with zero attached hydrogens (tertiary/aromatic N) is 4. The Morgan fingerprint density at radius 3 is 2.74 bits per heavy atom. The van der Waals surface area contributed by atoms with E-state index in [2.05, 4.69) is 34.3 Å². The maximum atomic E-state index is 12.5. The summed E-state index contributed by atoms with van der Waals surface area (Å²) < 4.78 is 5.37. The van der Waals surface area contributed by atoms with Crippen molar-refractivity contribution in [1.82, 2.24) is 30.1 Å². The molecule has 218 valence electrons. The van der Waals surface area contributed by atoms with Crippen molar-refractivity contribution >= 4 is 23.0 Å². The second-order valence-corrected chi connectivity index (χ2v) is 11.7. The van der Waals surface area contributed by atoms with Gasteiger partial charge in [0.05, 0.1) is 24.5 Å². The molecule has 4 heterocycles. The van der Waals surface area contributed by atoms with Crippen molar-refractivity contribution in [2.24, 2.45) is 0 Å². The topological polar surface area (TPSA) is 103 Å². The molecule has 0 spiro atoms. The molecule has 4 aromatic rings. The molecule has 42 heavy (non-hydrogen) atoms. The molecule has 0 radical (unpaired) electrons. The number of hydrogen-bond acceptors (Lipinski definition) is 6. The van der Waals surface area contributed by atoms with Crippen LogP contribution in [0.25, 0.3) is 33.5 Å². The Morgan fingerprint density at radius 1 is 1.14 bits per heavy atom. The lowest BCUT2D eigenvalue weighted by molar-refractivity contribution is -0.122. The van der Waals surface area contributed by atoms with E-state index in [9.17, 15) is 9.59 Å². The number of amides is 2. The van der Waals surface area contributed by atoms with Crippen LogP contribution in [0.4, 0.5) is 0 Å². The Balaban J connectivity index is 1.23. The highest BCUT2D eigenvalue weighted by atomic mass is 16.5. The minimum atomic E-state index is -0.0103. The lowest BCUT2D eigenvalue weighted by Crippen LogP contribution is -2.38. The monoisotopic (exact) mass is 566 g/mol. The van der Waals surface area contributed by atoms with Crippen LogP contribution in [-0.4, -0.2) is 83.0 Å². The molecule has 9 heteroatoms. The van der Waals surface area contributed by atoms with Gasteiger partial charge >= 0.3 is 0 Å². The molecular weight excluding hydrogens is 528 g/mol. The third-order valence-corrected chi connectivity index (χ3v) is 8.44. The highest BCUT2D eigenvalue weighted by Gasteiger charge is 2.22. The largest absolute Gasteiger partial charge is 0.379 e. The van der Waals surface area contributed by atoms with Crippen LogP contribution in [0.3, 0.4) is 0 Å². The Labute approximate surface area is 246 Å². The zero-order valence-corrected chi connectivity index (χ0v) is 24.8. The first-order valence-corrected chi connectivity index (χ1v) is 14.7. The minimum Gasteiger partial charge on any atom is -0.379 e. The van der Waals surface area contributed by atoms with Gasteiger partial charge < -0.3 is 19.9 Å². The predicted molar refractivity (Wildman–Crippen MR) is 163 cm³/mol. The van der Waals surface area contributed by atoms with Gasteiger partial charge in [0, 0.05) is 69.6 Å². The van der Waals surface area contributed by atoms with Crippen molar-refractivity contribution in [1.29, 1.82) is 0 Å². The van der Waals surface area contributed by atoms with Gasteiger partial charge in [0.1, 0.15) is 5.52 Å². The van der Waals surface area contributed by atoms with Gasteiger partial charge in [-0.3, -0.25) is 14.5 Å². The van der Waals surface area contributed by atoms with Gasteiger partial charge in [0.25, 0.3) is 5.91 Å². The van der Waals surface area contributed by atoms with E-state index in [0.29, 0.717) is 18.6 Å². The van der Waals surface area contributed by atoms with Crippen molar-refractivity contribution in [3.05, 3.63) is 70.5 Å². The van der Waals surface area contributed by atoms with Crippen molar-refractivity contribution in [2.75, 3.05) is 40.4 Å². The SMILES string of the molecule is Cc1cc(-c2c[nH]c3ncc(-c4cc(C)c5c(c4)CN(CCC(=O)N[C@@H]4CCOC4)CC5)nc23)ccc1C(=O)N(C)C. The molecular formula is C33H38N6O3. The van der Waals surface area contributed by atoms with E-state index in [1.807, 2.05) is 37.5 Å². The molecule has 0 saturated carbocycles. The van der Waals surface area contributed by atoms with Crippen LogP contribution in [0.5, 0.6) is 0 Å². The van der Waals surface area contributed by atoms with E-state index < -0.39 is 0 Å². The van der Waals surface area contributed by atoms with Crippen LogP contribution in [0.1, 0.15) is 45.5 Å². The van der Waals surface area contributed by atoms with Gasteiger partial charge in [-0.1, -0.05) is 12.1 Å². The number of carbonyl (C=O) groups is 2. The molecule has 2 N–H and O–H groups in total. The highest BCUT2D eigenvalue weighted by Crippen LogP contribution is 2.32. The van der Waals surface area contributed by atoms with Gasteiger partial charge in [-0.05, 0) is 72.7 Å². The van der Waals surface area contributed by atoms with E-state index in [1.165, 1.54) is 16.7 Å². The molecule has 0 aliphatic carbocycles. The smallest absolute Gasteiger partial charge is 0.253 e. The molecule has 1 saturated heterocycles. The molecule has 2 aromatic heterocycles. The Kier molecular flexibility index (Phi) is 7.79. The number of carbonyl (C=O) groups excluding carboxylic acids is 2. The fourth-order valence-corrected chi connectivity index (χ4v) is 6.09. The van der Waals surface area contributed by atoms with Gasteiger partial charge in [-0.2, -0.15) is 0 Å². The summed E-state index contributed by atoms with van der Waals surface area (Å²) in [5.74, 6) is 0.0880. The van der Waals surface area contributed by atoms with E-state index in [1.54, 1.807) is 19.0 Å². The third kappa shape index (κ3) is 5.67. The zero-order valence-electron chi connectivity index (χ0n) is 24.8. The van der Waals surface area contributed by atoms with Crippen molar-refractivity contribution in [3.8, 4) is 22.4 Å². The Bertz CT molecular complexity index is 1650. The molecule has 2 aliphatic heterocycles. The minimum absolute atomic E-state index is 0.0103. The van der Waals surface area contributed by atoms with Gasteiger partial charge in [-0.15, -0.1) is 0 Å². The highest BCUT2D eigenvalue weighted by molar-refractivity contribution is 5.97. The number of aryl methyl sites for hydroxylation is 2. The summed E-state index contributed by atoms with van der Waals surface area (Å²) in [6.45, 7) is 7.97. The lowest BCUT2D eigenvalue weighted by Gasteiger charge is -2.30. The zero-order chi connectivity index (χ0) is 29.4. The van der Waals surface area contributed by atoms with Crippen LogP contribution < -0.4 is 5.32 Å². The van der Waals surface area contributed by atoms with Crippen LogP contribution in [0.15, 0.2) is 42.7 Å². The summed E-state index contributed by atoms with van der Waals surface area (Å²) in [6, 6.07) is 10.5. The summed E-state index contributed by atoms with van der Waals surface area (Å²) >= 11 is 0. The van der Waals surface area contributed by atoms with E-state index in [-0.39, 0.29) is 17.9 Å². The van der Waals surface area contributed by atoms with Crippen LogP contribution in [-0.2, 0) is 22.5 Å². The third-order valence-electron chi connectivity index (χ3n) is 8.44. The predicted octanol–water partition coefficient (Wildman–Crippen LogP) is 4.26. The summed E-state index contributed by atoms with van der Waals surface area (Å²) in [6.07, 6.45) is 6.12. The first kappa shape index (κ1) is 28.1. The molecule has 1 atom stereocenters. The van der Waals surface area contributed by atoms with Crippen LogP contribution in [0.2, 0.25) is 0 Å². The number of benzene rings is 2. The normalized spacial score (nSPS) is 16.9. The van der Waals surface area contributed by atoms with Crippen molar-refractivity contribution in [3.63, 3.8) is 0 Å². The van der Waals surface area contributed by atoms with E-state index in [4.69, 9.17) is 14.7 Å². The maximum Gasteiger partial charge on any atom is 0.253 e. The molecule has 2 aromatic carbocycles. The quantitative estimate of drug-likeness (QED) is 0.347. The Morgan fingerprint density at radius 2 is 1.98 bits per heavy atom.